The molecule has 0 saturated heterocycles. The van der Waals surface area contributed by atoms with E-state index in [4.69, 9.17) is 11.1 Å². The first-order valence-electron chi connectivity index (χ1n) is 5.43. The van der Waals surface area contributed by atoms with Gasteiger partial charge in [0.25, 0.3) is 5.91 Å². The number of rotatable bonds is 3. The second-order valence-corrected chi connectivity index (χ2v) is 3.69. The molecule has 1 aromatic carbocycles. The van der Waals surface area contributed by atoms with E-state index < -0.39 is 11.7 Å². The topological polar surface area (TPSA) is 117 Å². The van der Waals surface area contributed by atoms with Gasteiger partial charge in [0.15, 0.2) is 5.82 Å². The summed E-state index contributed by atoms with van der Waals surface area (Å²) < 4.78 is 13.6. The Balaban J connectivity index is 2.21. The molecule has 0 bridgehead atoms. The lowest BCUT2D eigenvalue weighted by Crippen LogP contribution is -2.17. The van der Waals surface area contributed by atoms with E-state index in [2.05, 4.69) is 20.7 Å². The number of nitriles is 1. The Morgan fingerprint density at radius 2 is 2.20 bits per heavy atom. The van der Waals surface area contributed by atoms with E-state index in [0.29, 0.717) is 0 Å². The van der Waals surface area contributed by atoms with Gasteiger partial charge in [-0.2, -0.15) is 5.26 Å². The van der Waals surface area contributed by atoms with Crippen molar-refractivity contribution in [1.29, 1.82) is 5.26 Å². The molecule has 20 heavy (non-hydrogen) atoms. The fourth-order valence-electron chi connectivity index (χ4n) is 1.42. The van der Waals surface area contributed by atoms with Gasteiger partial charge in [-0.1, -0.05) is 0 Å². The first kappa shape index (κ1) is 13.4. The molecule has 100 valence electrons. The first-order chi connectivity index (χ1) is 9.63. The van der Waals surface area contributed by atoms with Crippen LogP contribution in [-0.4, -0.2) is 15.9 Å². The second kappa shape index (κ2) is 5.73. The van der Waals surface area contributed by atoms with Crippen molar-refractivity contribution in [3.8, 4) is 6.07 Å². The molecule has 0 unspecified atom stereocenters. The van der Waals surface area contributed by atoms with Crippen LogP contribution < -0.4 is 16.6 Å². The third-order valence-corrected chi connectivity index (χ3v) is 2.36. The van der Waals surface area contributed by atoms with Gasteiger partial charge in [0.1, 0.15) is 11.5 Å². The third-order valence-electron chi connectivity index (χ3n) is 2.36. The van der Waals surface area contributed by atoms with Crippen LogP contribution >= 0.6 is 0 Å². The van der Waals surface area contributed by atoms with Gasteiger partial charge in [0.2, 0.25) is 0 Å². The maximum absolute atomic E-state index is 13.6. The van der Waals surface area contributed by atoms with Gasteiger partial charge in [-0.05, 0) is 18.2 Å². The maximum atomic E-state index is 13.6. The smallest absolute Gasteiger partial charge is 0.276 e. The summed E-state index contributed by atoms with van der Waals surface area (Å²) in [6, 6.07) is 5.51. The van der Waals surface area contributed by atoms with Crippen molar-refractivity contribution >= 4 is 17.4 Å². The molecular formula is C12H9FN6O. The van der Waals surface area contributed by atoms with Gasteiger partial charge in [0.05, 0.1) is 29.7 Å². The van der Waals surface area contributed by atoms with Gasteiger partial charge in [-0.25, -0.2) is 15.2 Å². The number of nitrogen functional groups attached to an aromatic ring is 1. The van der Waals surface area contributed by atoms with Crippen molar-refractivity contribution in [2.45, 2.75) is 0 Å². The lowest BCUT2D eigenvalue weighted by molar-refractivity contribution is 0.102. The highest BCUT2D eigenvalue weighted by molar-refractivity contribution is 6.02. The van der Waals surface area contributed by atoms with Crippen LogP contribution in [0.1, 0.15) is 16.1 Å². The molecule has 1 aromatic heterocycles. The summed E-state index contributed by atoms with van der Waals surface area (Å²) in [7, 11) is 0. The van der Waals surface area contributed by atoms with Gasteiger partial charge in [-0.3, -0.25) is 9.78 Å². The van der Waals surface area contributed by atoms with Crippen molar-refractivity contribution in [2.24, 2.45) is 5.84 Å². The van der Waals surface area contributed by atoms with Crippen molar-refractivity contribution in [3.05, 3.63) is 47.7 Å². The van der Waals surface area contributed by atoms with E-state index in [1.54, 1.807) is 6.07 Å². The predicted molar refractivity (Wildman–Crippen MR) is 68.9 cm³/mol. The highest BCUT2D eigenvalue weighted by atomic mass is 19.1. The Morgan fingerprint density at radius 1 is 1.40 bits per heavy atom. The zero-order chi connectivity index (χ0) is 14.5. The van der Waals surface area contributed by atoms with Crippen LogP contribution in [0.25, 0.3) is 0 Å². The average Bonchev–Trinajstić information content (AvgIpc) is 2.49. The first-order valence-corrected chi connectivity index (χ1v) is 5.43. The fraction of sp³-hybridized carbons (Fsp3) is 0. The molecule has 0 spiro atoms. The third kappa shape index (κ3) is 2.85. The molecule has 0 aliphatic heterocycles. The summed E-state index contributed by atoms with van der Waals surface area (Å²) in [6.07, 6.45) is 2.55. The van der Waals surface area contributed by atoms with E-state index in [1.165, 1.54) is 24.5 Å². The monoisotopic (exact) mass is 272 g/mol. The molecule has 8 heteroatoms. The number of nitrogens with one attached hydrogen (secondary N) is 2. The number of halogens is 1. The van der Waals surface area contributed by atoms with Gasteiger partial charge >= 0.3 is 0 Å². The van der Waals surface area contributed by atoms with Crippen molar-refractivity contribution < 1.29 is 9.18 Å². The van der Waals surface area contributed by atoms with Crippen LogP contribution in [0.5, 0.6) is 0 Å². The second-order valence-electron chi connectivity index (χ2n) is 3.69. The number of carbonyl (C=O) groups excluding carboxylic acids is 1. The van der Waals surface area contributed by atoms with Gasteiger partial charge < -0.3 is 10.7 Å². The number of carbonyl (C=O) groups is 1. The number of hydrogen-bond donors (Lipinski definition) is 3. The minimum Gasteiger partial charge on any atom is -0.318 e. The molecule has 1 heterocycles. The van der Waals surface area contributed by atoms with Crippen molar-refractivity contribution in [3.63, 3.8) is 0 Å². The number of hydrazine groups is 1. The Bertz CT molecular complexity index is 697. The van der Waals surface area contributed by atoms with Crippen LogP contribution in [0.4, 0.5) is 15.9 Å². The predicted octanol–water partition coefficient (Wildman–Crippen LogP) is 1.03. The number of benzene rings is 1. The highest BCUT2D eigenvalue weighted by Gasteiger charge is 2.12. The largest absolute Gasteiger partial charge is 0.318 e. The molecule has 2 aromatic rings. The number of hydrogen-bond acceptors (Lipinski definition) is 6. The summed E-state index contributed by atoms with van der Waals surface area (Å²) in [5, 5.41) is 11.0. The van der Waals surface area contributed by atoms with Crippen LogP contribution in [0.3, 0.4) is 0 Å². The van der Waals surface area contributed by atoms with Gasteiger partial charge in [0, 0.05) is 0 Å². The molecule has 0 atom stereocenters. The van der Waals surface area contributed by atoms with E-state index in [-0.39, 0.29) is 22.8 Å². The molecule has 0 saturated carbocycles. The van der Waals surface area contributed by atoms with Crippen LogP contribution in [0.15, 0.2) is 30.6 Å². The van der Waals surface area contributed by atoms with Crippen LogP contribution in [0.2, 0.25) is 0 Å². The number of amides is 1. The van der Waals surface area contributed by atoms with E-state index in [9.17, 15) is 9.18 Å². The number of aromatic nitrogens is 2. The average molecular weight is 272 g/mol. The minimum absolute atomic E-state index is 0.0239. The van der Waals surface area contributed by atoms with E-state index in [0.717, 1.165) is 6.07 Å². The molecular weight excluding hydrogens is 263 g/mol. The Morgan fingerprint density at radius 3 is 2.85 bits per heavy atom. The summed E-state index contributed by atoms with van der Waals surface area (Å²) in [5.74, 6) is 4.01. The SMILES string of the molecule is N#Cc1ccc(NC(=O)c2cncc(NN)n2)c(F)c1. The molecule has 2 rings (SSSR count). The number of nitrogens with zero attached hydrogens (tertiary/aromatic N) is 3. The molecule has 4 N–H and O–H groups in total. The zero-order valence-electron chi connectivity index (χ0n) is 10.1. The highest BCUT2D eigenvalue weighted by Crippen LogP contribution is 2.16. The molecule has 7 nitrogen and oxygen atoms in total. The van der Waals surface area contributed by atoms with Crippen molar-refractivity contribution in [1.82, 2.24) is 9.97 Å². The lowest BCUT2D eigenvalue weighted by atomic mass is 10.2. The summed E-state index contributed by atoms with van der Waals surface area (Å²) in [4.78, 5) is 19.5. The molecule has 0 aliphatic rings. The quantitative estimate of drug-likeness (QED) is 0.567. The normalized spacial score (nSPS) is 9.65. The van der Waals surface area contributed by atoms with Crippen LogP contribution in [0, 0.1) is 17.1 Å². The molecule has 0 aliphatic carbocycles. The fourth-order valence-corrected chi connectivity index (χ4v) is 1.42. The standard InChI is InChI=1S/C12H9FN6O/c13-8-3-7(4-14)1-2-9(8)18-12(20)10-5-16-6-11(17-10)19-15/h1-3,5-6H,15H2,(H,17,19)(H,18,20). The summed E-state index contributed by atoms with van der Waals surface area (Å²) in [6.45, 7) is 0. The Labute approximate surface area is 113 Å². The van der Waals surface area contributed by atoms with Gasteiger partial charge in [-0.15, -0.1) is 0 Å². The van der Waals surface area contributed by atoms with Crippen molar-refractivity contribution in [2.75, 3.05) is 10.7 Å². The molecule has 0 fully saturated rings. The lowest BCUT2D eigenvalue weighted by Gasteiger charge is -2.06. The number of anilines is 2. The Kier molecular flexibility index (Phi) is 3.83. The molecule has 0 radical (unpaired) electrons. The maximum Gasteiger partial charge on any atom is 0.276 e. The molecule has 1 amide bonds. The zero-order valence-corrected chi connectivity index (χ0v) is 10.1. The summed E-state index contributed by atoms with van der Waals surface area (Å²) >= 11 is 0. The van der Waals surface area contributed by atoms with E-state index in [1.807, 2.05) is 0 Å². The summed E-state index contributed by atoms with van der Waals surface area (Å²) in [5.41, 5.74) is 2.33. The number of nitrogens with two attached hydrogens (primary N) is 1. The van der Waals surface area contributed by atoms with Crippen LogP contribution in [-0.2, 0) is 0 Å². The van der Waals surface area contributed by atoms with E-state index >= 15 is 0 Å². The Hall–Kier alpha value is -3.05. The minimum atomic E-state index is -0.710.